The number of rotatable bonds is 5. The normalized spacial score (nSPS) is 12.2. The van der Waals surface area contributed by atoms with E-state index < -0.39 is 0 Å². The summed E-state index contributed by atoms with van der Waals surface area (Å²) < 4.78 is 0. The Labute approximate surface area is 129 Å². The van der Waals surface area contributed by atoms with Crippen molar-refractivity contribution in [2.75, 3.05) is 14.1 Å². The second kappa shape index (κ2) is 6.83. The van der Waals surface area contributed by atoms with Crippen molar-refractivity contribution in [1.82, 2.24) is 15.2 Å². The van der Waals surface area contributed by atoms with Gasteiger partial charge in [0.2, 0.25) is 0 Å². The van der Waals surface area contributed by atoms with Gasteiger partial charge in [-0.3, -0.25) is 4.79 Å². The number of thiazole rings is 1. The van der Waals surface area contributed by atoms with Crippen LogP contribution in [0.3, 0.4) is 0 Å². The van der Waals surface area contributed by atoms with Crippen molar-refractivity contribution < 1.29 is 4.79 Å². The quantitative estimate of drug-likeness (QED) is 0.923. The van der Waals surface area contributed by atoms with E-state index in [4.69, 9.17) is 0 Å². The van der Waals surface area contributed by atoms with Crippen LogP contribution in [0.1, 0.15) is 39.6 Å². The molecule has 112 valence electrons. The van der Waals surface area contributed by atoms with Crippen LogP contribution in [-0.4, -0.2) is 29.9 Å². The van der Waals surface area contributed by atoms with Crippen molar-refractivity contribution in [1.29, 1.82) is 0 Å². The Kier molecular flexibility index (Phi) is 5.09. The molecular weight excluding hydrogens is 282 g/mol. The maximum atomic E-state index is 12.0. The zero-order valence-electron chi connectivity index (χ0n) is 12.9. The van der Waals surface area contributed by atoms with Crippen LogP contribution >= 0.6 is 11.3 Å². The summed E-state index contributed by atoms with van der Waals surface area (Å²) in [5.41, 5.74) is 2.88. The highest BCUT2D eigenvalue weighted by atomic mass is 32.1. The molecule has 1 aromatic heterocycles. The molecule has 2 aromatic rings. The fourth-order valence-corrected chi connectivity index (χ4v) is 2.83. The topological polar surface area (TPSA) is 45.2 Å². The molecule has 0 unspecified atom stereocenters. The Morgan fingerprint density at radius 3 is 2.81 bits per heavy atom. The van der Waals surface area contributed by atoms with Crippen molar-refractivity contribution in [2.24, 2.45) is 0 Å². The molecule has 0 radical (unpaired) electrons. The van der Waals surface area contributed by atoms with Gasteiger partial charge in [-0.1, -0.05) is 12.1 Å². The van der Waals surface area contributed by atoms with Gasteiger partial charge in [-0.05, 0) is 31.5 Å². The second-order valence-electron chi connectivity index (χ2n) is 5.33. The van der Waals surface area contributed by atoms with Crippen LogP contribution in [0.25, 0.3) is 0 Å². The van der Waals surface area contributed by atoms with Crippen molar-refractivity contribution in [2.45, 2.75) is 26.4 Å². The minimum Gasteiger partial charge on any atom is -0.345 e. The Bertz CT molecular complexity index is 621. The Balaban J connectivity index is 2.00. The van der Waals surface area contributed by atoms with Gasteiger partial charge in [0.05, 0.1) is 6.04 Å². The number of aryl methyl sites for hydroxylation is 1. The smallest absolute Gasteiger partial charge is 0.253 e. The highest BCUT2D eigenvalue weighted by Crippen LogP contribution is 2.18. The molecule has 1 amide bonds. The first kappa shape index (κ1) is 15.7. The summed E-state index contributed by atoms with van der Waals surface area (Å²) in [6.45, 7) is 4.82. The monoisotopic (exact) mass is 303 g/mol. The molecule has 0 fully saturated rings. The molecule has 0 spiro atoms. The molecular formula is C16H21N3OS. The number of carbonyl (C=O) groups is 1. The van der Waals surface area contributed by atoms with Gasteiger partial charge in [-0.15, -0.1) is 11.3 Å². The Hall–Kier alpha value is -1.72. The summed E-state index contributed by atoms with van der Waals surface area (Å²) in [6.07, 6.45) is 0. The summed E-state index contributed by atoms with van der Waals surface area (Å²) in [7, 11) is 3.53. The van der Waals surface area contributed by atoms with Gasteiger partial charge in [0.15, 0.2) is 0 Å². The summed E-state index contributed by atoms with van der Waals surface area (Å²) in [6, 6.07) is 7.94. The Morgan fingerprint density at radius 2 is 2.19 bits per heavy atom. The molecule has 1 heterocycles. The van der Waals surface area contributed by atoms with Crippen molar-refractivity contribution >= 4 is 17.2 Å². The van der Waals surface area contributed by atoms with E-state index in [1.54, 1.807) is 30.3 Å². The van der Waals surface area contributed by atoms with Crippen LogP contribution in [0.2, 0.25) is 0 Å². The first-order chi connectivity index (χ1) is 9.97. The van der Waals surface area contributed by atoms with E-state index in [0.29, 0.717) is 6.54 Å². The lowest BCUT2D eigenvalue weighted by molar-refractivity contribution is 0.0827. The number of benzene rings is 1. The van der Waals surface area contributed by atoms with Crippen LogP contribution in [0.4, 0.5) is 0 Å². The van der Waals surface area contributed by atoms with Gasteiger partial charge in [0.25, 0.3) is 5.91 Å². The van der Waals surface area contributed by atoms with Crippen molar-refractivity contribution in [3.8, 4) is 0 Å². The lowest BCUT2D eigenvalue weighted by Crippen LogP contribution is -2.22. The number of hydrogen-bond donors (Lipinski definition) is 1. The van der Waals surface area contributed by atoms with E-state index in [2.05, 4.69) is 22.6 Å². The molecule has 1 atom stereocenters. The molecule has 1 N–H and O–H groups in total. The van der Waals surface area contributed by atoms with Gasteiger partial charge in [-0.2, -0.15) is 0 Å². The van der Waals surface area contributed by atoms with Gasteiger partial charge in [0, 0.05) is 37.3 Å². The number of aromatic nitrogens is 1. The predicted octanol–water partition coefficient (Wildman–Crippen LogP) is 3.00. The molecule has 0 aliphatic carbocycles. The highest BCUT2D eigenvalue weighted by Gasteiger charge is 2.11. The lowest BCUT2D eigenvalue weighted by atomic mass is 10.1. The molecule has 0 saturated carbocycles. The van der Waals surface area contributed by atoms with E-state index in [0.717, 1.165) is 21.8 Å². The van der Waals surface area contributed by atoms with E-state index in [-0.39, 0.29) is 11.9 Å². The molecule has 0 aliphatic rings. The summed E-state index contributed by atoms with van der Waals surface area (Å²) >= 11 is 1.67. The molecule has 21 heavy (non-hydrogen) atoms. The highest BCUT2D eigenvalue weighted by molar-refractivity contribution is 7.09. The number of carbonyl (C=O) groups excluding carboxylic acids is 1. The molecule has 4 nitrogen and oxygen atoms in total. The fourth-order valence-electron chi connectivity index (χ4n) is 2.00. The minimum atomic E-state index is 0.0282. The van der Waals surface area contributed by atoms with Crippen LogP contribution < -0.4 is 5.32 Å². The molecule has 0 bridgehead atoms. The van der Waals surface area contributed by atoms with Crippen LogP contribution in [0.5, 0.6) is 0 Å². The third-order valence-electron chi connectivity index (χ3n) is 3.20. The summed E-state index contributed by atoms with van der Waals surface area (Å²) in [5.74, 6) is 0.0282. The van der Waals surface area contributed by atoms with Crippen molar-refractivity contribution in [3.63, 3.8) is 0 Å². The maximum absolute atomic E-state index is 12.0. The number of nitrogens with one attached hydrogen (secondary N) is 1. The Morgan fingerprint density at radius 1 is 1.43 bits per heavy atom. The average molecular weight is 303 g/mol. The third-order valence-corrected chi connectivity index (χ3v) is 4.34. The molecule has 2 rings (SSSR count). The van der Waals surface area contributed by atoms with Crippen LogP contribution in [0.15, 0.2) is 29.6 Å². The minimum absolute atomic E-state index is 0.0282. The zero-order valence-corrected chi connectivity index (χ0v) is 13.7. The zero-order chi connectivity index (χ0) is 15.4. The predicted molar refractivity (Wildman–Crippen MR) is 86.6 cm³/mol. The number of amides is 1. The molecule has 0 saturated heterocycles. The van der Waals surface area contributed by atoms with E-state index >= 15 is 0 Å². The van der Waals surface area contributed by atoms with Gasteiger partial charge >= 0.3 is 0 Å². The van der Waals surface area contributed by atoms with Crippen LogP contribution in [0, 0.1) is 6.92 Å². The number of hydrogen-bond acceptors (Lipinski definition) is 4. The van der Waals surface area contributed by atoms with Crippen molar-refractivity contribution in [3.05, 3.63) is 51.5 Å². The second-order valence-corrected chi connectivity index (χ2v) is 6.22. The van der Waals surface area contributed by atoms with Gasteiger partial charge < -0.3 is 10.2 Å². The molecule has 1 aromatic carbocycles. The van der Waals surface area contributed by atoms with Gasteiger partial charge in [0.1, 0.15) is 5.01 Å². The van der Waals surface area contributed by atoms with E-state index in [9.17, 15) is 4.79 Å². The SMILES string of the molecule is Cc1csc([C@@H](C)NCc2cccc(C(=O)N(C)C)c2)n1. The summed E-state index contributed by atoms with van der Waals surface area (Å²) in [5, 5.41) is 6.60. The van der Waals surface area contributed by atoms with E-state index in [1.165, 1.54) is 0 Å². The number of nitrogens with zero attached hydrogens (tertiary/aromatic N) is 2. The largest absolute Gasteiger partial charge is 0.345 e. The average Bonchev–Trinajstić information content (AvgIpc) is 2.91. The first-order valence-corrected chi connectivity index (χ1v) is 7.81. The summed E-state index contributed by atoms with van der Waals surface area (Å²) in [4.78, 5) is 18.0. The van der Waals surface area contributed by atoms with Gasteiger partial charge in [-0.25, -0.2) is 4.98 Å². The van der Waals surface area contributed by atoms with E-state index in [1.807, 2.05) is 31.2 Å². The lowest BCUT2D eigenvalue weighted by Gasteiger charge is -2.13. The fraction of sp³-hybridized carbons (Fsp3) is 0.375. The standard InChI is InChI=1S/C16H21N3OS/c1-11-10-21-15(18-11)12(2)17-9-13-6-5-7-14(8-13)16(20)19(3)4/h5-8,10,12,17H,9H2,1-4H3/t12-/m1/s1. The first-order valence-electron chi connectivity index (χ1n) is 6.93. The third kappa shape index (κ3) is 4.12. The molecule has 0 aliphatic heterocycles. The molecule has 5 heteroatoms. The van der Waals surface area contributed by atoms with Crippen LogP contribution in [-0.2, 0) is 6.54 Å². The maximum Gasteiger partial charge on any atom is 0.253 e.